The van der Waals surface area contributed by atoms with Gasteiger partial charge in [-0.2, -0.15) is 10.2 Å². The van der Waals surface area contributed by atoms with Gasteiger partial charge in [-0.1, -0.05) is 0 Å². The zero-order valence-electron chi connectivity index (χ0n) is 14.4. The van der Waals surface area contributed by atoms with Crippen LogP contribution in [0.2, 0.25) is 0 Å². The molecule has 0 aromatic rings. The van der Waals surface area contributed by atoms with Gasteiger partial charge in [0.05, 0.1) is 19.7 Å². The molecule has 7 heteroatoms. The van der Waals surface area contributed by atoms with E-state index in [9.17, 15) is 5.11 Å². The van der Waals surface area contributed by atoms with E-state index in [4.69, 9.17) is 0 Å². The first-order valence-electron chi connectivity index (χ1n) is 7.89. The molecule has 0 atom stereocenters. The predicted molar refractivity (Wildman–Crippen MR) is 88.9 cm³/mol. The maximum atomic E-state index is 9.17. The first kappa shape index (κ1) is 16.9. The normalized spacial score (nSPS) is 20.1. The molecule has 1 N–H and O–H groups in total. The minimum Gasteiger partial charge on any atom is -0.395 e. The quantitative estimate of drug-likeness (QED) is 0.745. The van der Waals surface area contributed by atoms with Crippen molar-refractivity contribution in [2.75, 3.05) is 46.4 Å². The maximum absolute atomic E-state index is 9.17. The first-order chi connectivity index (χ1) is 10.3. The predicted octanol–water partition coefficient (Wildman–Crippen LogP) is 1.05. The number of hydrogen-bond donors (Lipinski definition) is 1. The highest BCUT2D eigenvalue weighted by molar-refractivity contribution is 5.93. The highest BCUT2D eigenvalue weighted by Gasteiger charge is 2.35. The van der Waals surface area contributed by atoms with Gasteiger partial charge in [0, 0.05) is 26.7 Å². The molecule has 0 spiro atoms. The number of aliphatic hydroxyl groups excluding tert-OH is 1. The van der Waals surface area contributed by atoms with Gasteiger partial charge in [0.1, 0.15) is 22.7 Å². The van der Waals surface area contributed by atoms with Crippen LogP contribution >= 0.6 is 0 Å². The smallest absolute Gasteiger partial charge is 0.133 e. The largest absolute Gasteiger partial charge is 0.395 e. The van der Waals surface area contributed by atoms with Crippen LogP contribution < -0.4 is 0 Å². The van der Waals surface area contributed by atoms with Crippen molar-refractivity contribution in [2.24, 2.45) is 20.2 Å². The molecule has 0 bridgehead atoms. The molecule has 0 saturated carbocycles. The Bertz CT molecular complexity index is 494. The van der Waals surface area contributed by atoms with Crippen molar-refractivity contribution >= 4 is 11.7 Å². The second-order valence-electron chi connectivity index (χ2n) is 6.86. The lowest BCUT2D eigenvalue weighted by atomic mass is 10.0. The summed E-state index contributed by atoms with van der Waals surface area (Å²) in [4.78, 5) is 13.3. The zero-order chi connectivity index (χ0) is 16.4. The SMILES string of the molecule is CN1CCN=C1C(C)(C)N=NC(C)(C)C1=NCCN1CCO. The molecule has 0 unspecified atom stereocenters. The summed E-state index contributed by atoms with van der Waals surface area (Å²) in [7, 11) is 2.04. The fraction of sp³-hybridized carbons (Fsp3) is 0.867. The lowest BCUT2D eigenvalue weighted by Gasteiger charge is -2.30. The summed E-state index contributed by atoms with van der Waals surface area (Å²) in [6.07, 6.45) is 0. The van der Waals surface area contributed by atoms with E-state index in [0.29, 0.717) is 6.54 Å². The standard InChI is InChI=1S/C15H28N6O/c1-14(2,12-16-6-8-20(12)5)18-19-15(3,4)13-17-7-9-21(13)10-11-22/h22H,6-11H2,1-5H3. The topological polar surface area (TPSA) is 76.2 Å². The molecule has 2 heterocycles. The molecule has 0 radical (unpaired) electrons. The van der Waals surface area contributed by atoms with E-state index < -0.39 is 11.1 Å². The van der Waals surface area contributed by atoms with Crippen molar-refractivity contribution < 1.29 is 5.11 Å². The third-order valence-electron chi connectivity index (χ3n) is 4.00. The van der Waals surface area contributed by atoms with Gasteiger partial charge in [-0.15, -0.1) is 0 Å². The molecular formula is C15H28N6O. The summed E-state index contributed by atoms with van der Waals surface area (Å²) in [5.41, 5.74) is -0.940. The number of amidine groups is 2. The summed E-state index contributed by atoms with van der Waals surface area (Å²) < 4.78 is 0. The summed E-state index contributed by atoms with van der Waals surface area (Å²) in [6, 6.07) is 0. The molecular weight excluding hydrogens is 280 g/mol. The highest BCUT2D eigenvalue weighted by atomic mass is 16.3. The van der Waals surface area contributed by atoms with Crippen LogP contribution in [0, 0.1) is 0 Å². The minimum atomic E-state index is -0.499. The Hall–Kier alpha value is -1.50. The third kappa shape index (κ3) is 3.45. The highest BCUT2D eigenvalue weighted by Crippen LogP contribution is 2.24. The van der Waals surface area contributed by atoms with Crippen LogP contribution in [0.15, 0.2) is 20.2 Å². The number of hydrogen-bond acceptors (Lipinski definition) is 7. The fourth-order valence-corrected chi connectivity index (χ4v) is 2.93. The van der Waals surface area contributed by atoms with Gasteiger partial charge in [-0.05, 0) is 27.7 Å². The summed E-state index contributed by atoms with van der Waals surface area (Å²) in [5, 5.41) is 18.3. The van der Waals surface area contributed by atoms with E-state index in [1.165, 1.54) is 0 Å². The monoisotopic (exact) mass is 308 g/mol. The number of likely N-dealkylation sites (N-methyl/N-ethyl adjacent to an activating group) is 1. The minimum absolute atomic E-state index is 0.124. The Morgan fingerprint density at radius 1 is 1.00 bits per heavy atom. The van der Waals surface area contributed by atoms with Gasteiger partial charge < -0.3 is 14.9 Å². The molecule has 22 heavy (non-hydrogen) atoms. The Labute approximate surface area is 132 Å². The molecule has 0 aromatic carbocycles. The molecule has 0 saturated heterocycles. The first-order valence-corrected chi connectivity index (χ1v) is 7.89. The average Bonchev–Trinajstić information content (AvgIpc) is 3.06. The van der Waals surface area contributed by atoms with E-state index in [1.54, 1.807) is 0 Å². The number of β-amino-alcohol motifs (C(OH)–C–C–N with tert-alkyl or cyclic N) is 1. The van der Waals surface area contributed by atoms with Gasteiger partial charge in [0.15, 0.2) is 0 Å². The van der Waals surface area contributed by atoms with Crippen molar-refractivity contribution in [1.29, 1.82) is 0 Å². The van der Waals surface area contributed by atoms with Gasteiger partial charge in [-0.3, -0.25) is 9.98 Å². The van der Waals surface area contributed by atoms with E-state index >= 15 is 0 Å². The van der Waals surface area contributed by atoms with Crippen molar-refractivity contribution in [1.82, 2.24) is 9.80 Å². The Morgan fingerprint density at radius 2 is 1.55 bits per heavy atom. The molecule has 2 aliphatic heterocycles. The molecule has 0 aliphatic carbocycles. The van der Waals surface area contributed by atoms with Crippen LogP contribution in [-0.4, -0.2) is 84.0 Å². The second-order valence-corrected chi connectivity index (χ2v) is 6.86. The summed E-state index contributed by atoms with van der Waals surface area (Å²) in [6.45, 7) is 12.2. The molecule has 0 aromatic heterocycles. The molecule has 2 rings (SSSR count). The van der Waals surface area contributed by atoms with Gasteiger partial charge in [0.2, 0.25) is 0 Å². The van der Waals surface area contributed by atoms with Gasteiger partial charge >= 0.3 is 0 Å². The molecule has 7 nitrogen and oxygen atoms in total. The van der Waals surface area contributed by atoms with E-state index in [-0.39, 0.29) is 6.61 Å². The molecule has 2 aliphatic rings. The van der Waals surface area contributed by atoms with Crippen LogP contribution in [0.1, 0.15) is 27.7 Å². The van der Waals surface area contributed by atoms with Crippen LogP contribution in [0.4, 0.5) is 0 Å². The van der Waals surface area contributed by atoms with Crippen LogP contribution in [-0.2, 0) is 0 Å². The Morgan fingerprint density at radius 3 is 2.09 bits per heavy atom. The fourth-order valence-electron chi connectivity index (χ4n) is 2.93. The van der Waals surface area contributed by atoms with E-state index in [2.05, 4.69) is 30.0 Å². The van der Waals surface area contributed by atoms with Crippen LogP contribution in [0.25, 0.3) is 0 Å². The molecule has 124 valence electrons. The number of aliphatic imine (C=N–C) groups is 2. The summed E-state index contributed by atoms with van der Waals surface area (Å²) >= 11 is 0. The number of azo groups is 1. The molecule has 0 fully saturated rings. The average molecular weight is 308 g/mol. The second kappa shape index (κ2) is 6.32. The Balaban J connectivity index is 2.13. The van der Waals surface area contributed by atoms with Crippen LogP contribution in [0.5, 0.6) is 0 Å². The van der Waals surface area contributed by atoms with Crippen molar-refractivity contribution in [3.8, 4) is 0 Å². The lowest BCUT2D eigenvalue weighted by Crippen LogP contribution is -2.44. The van der Waals surface area contributed by atoms with E-state index in [1.807, 2.05) is 34.7 Å². The van der Waals surface area contributed by atoms with Gasteiger partial charge in [0.25, 0.3) is 0 Å². The maximum Gasteiger partial charge on any atom is 0.133 e. The number of aliphatic hydroxyl groups is 1. The van der Waals surface area contributed by atoms with Gasteiger partial charge in [-0.25, -0.2) is 0 Å². The third-order valence-corrected chi connectivity index (χ3v) is 4.00. The zero-order valence-corrected chi connectivity index (χ0v) is 14.4. The van der Waals surface area contributed by atoms with Crippen molar-refractivity contribution in [3.63, 3.8) is 0 Å². The lowest BCUT2D eigenvalue weighted by molar-refractivity contribution is 0.252. The number of nitrogens with zero attached hydrogens (tertiary/aromatic N) is 6. The van der Waals surface area contributed by atoms with Crippen LogP contribution in [0.3, 0.4) is 0 Å². The van der Waals surface area contributed by atoms with E-state index in [0.717, 1.165) is 37.9 Å². The Kier molecular flexibility index (Phi) is 4.84. The molecule has 0 amide bonds. The van der Waals surface area contributed by atoms with Crippen molar-refractivity contribution in [3.05, 3.63) is 0 Å². The summed E-state index contributed by atoms with van der Waals surface area (Å²) in [5.74, 6) is 1.88. The van der Waals surface area contributed by atoms with Crippen molar-refractivity contribution in [2.45, 2.75) is 38.8 Å². The number of rotatable bonds is 6.